The number of hydrogen-bond donors (Lipinski definition) is 3. The fraction of sp³-hybridized carbons (Fsp3) is 0.227. The Balaban J connectivity index is 1.55. The SMILES string of the molecule is CCOC(=O)C[C@@H](NC(=O)NCc1nnc(C(=O)Nc2ccccc2)s1)c1ccccc1. The maximum absolute atomic E-state index is 12.4. The highest BCUT2D eigenvalue weighted by molar-refractivity contribution is 7.13. The van der Waals surface area contributed by atoms with E-state index in [1.807, 2.05) is 48.5 Å². The monoisotopic (exact) mass is 453 g/mol. The van der Waals surface area contributed by atoms with E-state index in [1.165, 1.54) is 0 Å². The highest BCUT2D eigenvalue weighted by atomic mass is 32.1. The molecule has 0 spiro atoms. The lowest BCUT2D eigenvalue weighted by atomic mass is 10.0. The number of aromatic nitrogens is 2. The number of benzene rings is 2. The molecule has 0 radical (unpaired) electrons. The second-order valence-corrected chi connectivity index (χ2v) is 7.68. The second kappa shape index (κ2) is 11.6. The summed E-state index contributed by atoms with van der Waals surface area (Å²) in [7, 11) is 0. The third-order valence-corrected chi connectivity index (χ3v) is 5.20. The van der Waals surface area contributed by atoms with Gasteiger partial charge in [-0.2, -0.15) is 0 Å². The zero-order valence-corrected chi connectivity index (χ0v) is 18.2. The molecule has 0 saturated heterocycles. The number of carbonyl (C=O) groups excluding carboxylic acids is 3. The smallest absolute Gasteiger partial charge is 0.315 e. The van der Waals surface area contributed by atoms with Crippen molar-refractivity contribution in [1.29, 1.82) is 0 Å². The lowest BCUT2D eigenvalue weighted by molar-refractivity contribution is -0.143. The van der Waals surface area contributed by atoms with Crippen molar-refractivity contribution in [3.8, 4) is 0 Å². The molecule has 1 atom stereocenters. The molecule has 0 fully saturated rings. The van der Waals surface area contributed by atoms with Crippen LogP contribution < -0.4 is 16.0 Å². The number of nitrogens with zero attached hydrogens (tertiary/aromatic N) is 2. The summed E-state index contributed by atoms with van der Waals surface area (Å²) in [6.45, 7) is 2.08. The Morgan fingerprint density at radius 3 is 2.38 bits per heavy atom. The molecule has 0 bridgehead atoms. The third kappa shape index (κ3) is 6.88. The van der Waals surface area contributed by atoms with Gasteiger partial charge in [0.1, 0.15) is 5.01 Å². The average molecular weight is 454 g/mol. The van der Waals surface area contributed by atoms with Gasteiger partial charge in [0.2, 0.25) is 5.01 Å². The molecule has 0 aliphatic rings. The number of esters is 1. The number of ether oxygens (including phenoxy) is 1. The summed E-state index contributed by atoms with van der Waals surface area (Å²) in [4.78, 5) is 36.6. The van der Waals surface area contributed by atoms with E-state index < -0.39 is 18.0 Å². The third-order valence-electron chi connectivity index (χ3n) is 4.28. The minimum absolute atomic E-state index is 0.00782. The van der Waals surface area contributed by atoms with Crippen molar-refractivity contribution >= 4 is 34.9 Å². The lowest BCUT2D eigenvalue weighted by Gasteiger charge is -2.18. The van der Waals surface area contributed by atoms with Crippen LogP contribution in [-0.2, 0) is 16.1 Å². The summed E-state index contributed by atoms with van der Waals surface area (Å²) >= 11 is 1.08. The quantitative estimate of drug-likeness (QED) is 0.428. The molecule has 1 heterocycles. The maximum atomic E-state index is 12.4. The van der Waals surface area contributed by atoms with E-state index in [0.29, 0.717) is 10.7 Å². The van der Waals surface area contributed by atoms with Crippen LogP contribution in [0.5, 0.6) is 0 Å². The molecule has 0 aliphatic heterocycles. The Kier molecular flexibility index (Phi) is 8.27. The standard InChI is InChI=1S/C22H23N5O4S/c1-2-31-19(28)13-17(15-9-5-3-6-10-15)25-22(30)23-14-18-26-27-21(32-18)20(29)24-16-11-7-4-8-12-16/h3-12,17H,2,13-14H2,1H3,(H,24,29)(H2,23,25,30)/t17-/m1/s1. The van der Waals surface area contributed by atoms with Gasteiger partial charge in [-0.05, 0) is 24.6 Å². The number of hydrogen-bond acceptors (Lipinski definition) is 7. The number of para-hydroxylation sites is 1. The Morgan fingerprint density at radius 1 is 1.00 bits per heavy atom. The molecule has 32 heavy (non-hydrogen) atoms. The molecule has 3 N–H and O–H groups in total. The number of rotatable bonds is 9. The number of anilines is 1. The van der Waals surface area contributed by atoms with Crippen LogP contribution in [0.2, 0.25) is 0 Å². The molecule has 9 nitrogen and oxygen atoms in total. The summed E-state index contributed by atoms with van der Waals surface area (Å²) in [6, 6.07) is 17.2. The van der Waals surface area contributed by atoms with Crippen LogP contribution in [0.25, 0.3) is 0 Å². The molecular weight excluding hydrogens is 430 g/mol. The van der Waals surface area contributed by atoms with Gasteiger partial charge >= 0.3 is 12.0 Å². The molecular formula is C22H23N5O4S. The number of amides is 3. The topological polar surface area (TPSA) is 122 Å². The van der Waals surface area contributed by atoms with Crippen molar-refractivity contribution in [2.24, 2.45) is 0 Å². The predicted octanol–water partition coefficient (Wildman–Crippen LogP) is 3.28. The largest absolute Gasteiger partial charge is 0.466 e. The van der Waals surface area contributed by atoms with Crippen molar-refractivity contribution < 1.29 is 19.1 Å². The molecule has 0 unspecified atom stereocenters. The first-order chi connectivity index (χ1) is 15.5. The van der Waals surface area contributed by atoms with Crippen LogP contribution in [-0.4, -0.2) is 34.7 Å². The Morgan fingerprint density at radius 2 is 1.69 bits per heavy atom. The molecule has 2 aromatic carbocycles. The van der Waals surface area contributed by atoms with Crippen molar-refractivity contribution in [3.05, 3.63) is 76.2 Å². The van der Waals surface area contributed by atoms with Crippen LogP contribution in [0.1, 0.15) is 39.8 Å². The predicted molar refractivity (Wildman–Crippen MR) is 120 cm³/mol. The van der Waals surface area contributed by atoms with Gasteiger partial charge in [-0.25, -0.2) is 4.79 Å². The van der Waals surface area contributed by atoms with Gasteiger partial charge in [-0.1, -0.05) is 59.9 Å². The van der Waals surface area contributed by atoms with E-state index >= 15 is 0 Å². The van der Waals surface area contributed by atoms with Crippen molar-refractivity contribution in [2.45, 2.75) is 25.9 Å². The van der Waals surface area contributed by atoms with Gasteiger partial charge in [0, 0.05) is 5.69 Å². The van der Waals surface area contributed by atoms with Crippen molar-refractivity contribution in [3.63, 3.8) is 0 Å². The Bertz CT molecular complexity index is 1040. The molecule has 3 rings (SSSR count). The first kappa shape index (κ1) is 22.9. The number of carbonyl (C=O) groups is 3. The van der Waals surface area contributed by atoms with E-state index in [0.717, 1.165) is 16.9 Å². The zero-order valence-electron chi connectivity index (χ0n) is 17.4. The van der Waals surface area contributed by atoms with Gasteiger partial charge in [0.15, 0.2) is 0 Å². The van der Waals surface area contributed by atoms with Crippen LogP contribution in [0.4, 0.5) is 10.5 Å². The van der Waals surface area contributed by atoms with Crippen LogP contribution >= 0.6 is 11.3 Å². The first-order valence-corrected chi connectivity index (χ1v) is 10.8. The minimum atomic E-state index is -0.545. The van der Waals surface area contributed by atoms with E-state index in [4.69, 9.17) is 4.74 Å². The van der Waals surface area contributed by atoms with Gasteiger partial charge in [0.25, 0.3) is 5.91 Å². The summed E-state index contributed by atoms with van der Waals surface area (Å²) in [6.07, 6.45) is 0.00782. The molecule has 1 aromatic heterocycles. The Labute approximate surface area is 189 Å². The van der Waals surface area contributed by atoms with Crippen molar-refractivity contribution in [2.75, 3.05) is 11.9 Å². The molecule has 166 valence electrons. The Hall–Kier alpha value is -3.79. The molecule has 0 saturated carbocycles. The average Bonchev–Trinajstić information content (AvgIpc) is 3.28. The second-order valence-electron chi connectivity index (χ2n) is 6.62. The lowest BCUT2D eigenvalue weighted by Crippen LogP contribution is -2.38. The minimum Gasteiger partial charge on any atom is -0.466 e. The molecule has 10 heteroatoms. The highest BCUT2D eigenvalue weighted by Crippen LogP contribution is 2.17. The van der Waals surface area contributed by atoms with Gasteiger partial charge in [-0.3, -0.25) is 9.59 Å². The van der Waals surface area contributed by atoms with E-state index in [9.17, 15) is 14.4 Å². The highest BCUT2D eigenvalue weighted by Gasteiger charge is 2.20. The summed E-state index contributed by atoms with van der Waals surface area (Å²) in [5.41, 5.74) is 1.44. The summed E-state index contributed by atoms with van der Waals surface area (Å²) in [5.74, 6) is -0.775. The number of urea groups is 1. The molecule has 0 aliphatic carbocycles. The summed E-state index contributed by atoms with van der Waals surface area (Å²) < 4.78 is 5.01. The van der Waals surface area contributed by atoms with Gasteiger partial charge < -0.3 is 20.7 Å². The molecule has 3 aromatic rings. The summed E-state index contributed by atoms with van der Waals surface area (Å²) in [5, 5.41) is 16.7. The van der Waals surface area contributed by atoms with Crippen LogP contribution in [0.15, 0.2) is 60.7 Å². The first-order valence-electron chi connectivity index (χ1n) is 9.99. The van der Waals surface area contributed by atoms with E-state index in [-0.39, 0.29) is 30.5 Å². The number of nitrogens with one attached hydrogen (secondary N) is 3. The zero-order chi connectivity index (χ0) is 22.8. The maximum Gasteiger partial charge on any atom is 0.315 e. The van der Waals surface area contributed by atoms with Crippen molar-refractivity contribution in [1.82, 2.24) is 20.8 Å². The van der Waals surface area contributed by atoms with Gasteiger partial charge in [-0.15, -0.1) is 10.2 Å². The van der Waals surface area contributed by atoms with E-state index in [1.54, 1.807) is 19.1 Å². The van der Waals surface area contributed by atoms with Crippen LogP contribution in [0, 0.1) is 0 Å². The van der Waals surface area contributed by atoms with Gasteiger partial charge in [0.05, 0.1) is 25.6 Å². The van der Waals surface area contributed by atoms with Crippen LogP contribution in [0.3, 0.4) is 0 Å². The molecule has 3 amide bonds. The fourth-order valence-corrected chi connectivity index (χ4v) is 3.49. The normalized spacial score (nSPS) is 11.3. The fourth-order valence-electron chi connectivity index (χ4n) is 2.81. The van der Waals surface area contributed by atoms with E-state index in [2.05, 4.69) is 26.1 Å².